The van der Waals surface area contributed by atoms with Gasteiger partial charge in [-0.25, -0.2) is 0 Å². The molecule has 0 aromatic rings. The summed E-state index contributed by atoms with van der Waals surface area (Å²) in [6.45, 7) is 16.2. The molecule has 2 fully saturated rings. The Morgan fingerprint density at radius 1 is 1.11 bits per heavy atom. The molecule has 2 aliphatic rings. The van der Waals surface area contributed by atoms with Crippen LogP contribution in [0.3, 0.4) is 0 Å². The zero-order chi connectivity index (χ0) is 14.6. The summed E-state index contributed by atoms with van der Waals surface area (Å²) in [5.74, 6) is 2.14. The standard InChI is InChI=1S/C17H33OP/c1-12(2)14-9-8-13(3)10-15(14)19(18)11-16(4,5)17(19,6)7/h12-15H,8-11H2,1-7H3/t13-,14+,15-,19-/m1/s1. The van der Waals surface area contributed by atoms with Crippen molar-refractivity contribution in [1.29, 1.82) is 0 Å². The van der Waals surface area contributed by atoms with Gasteiger partial charge in [0.05, 0.1) is 7.14 Å². The van der Waals surface area contributed by atoms with Gasteiger partial charge in [0.2, 0.25) is 0 Å². The molecule has 1 nitrogen and oxygen atoms in total. The van der Waals surface area contributed by atoms with Crippen LogP contribution in [0.1, 0.15) is 67.7 Å². The van der Waals surface area contributed by atoms with E-state index in [2.05, 4.69) is 48.5 Å². The van der Waals surface area contributed by atoms with Gasteiger partial charge in [0.15, 0.2) is 0 Å². The fraction of sp³-hybridized carbons (Fsp3) is 1.00. The maximum Gasteiger partial charge on any atom is 0.0973 e. The second kappa shape index (κ2) is 4.62. The quantitative estimate of drug-likeness (QED) is 0.601. The lowest BCUT2D eigenvalue weighted by Crippen LogP contribution is -2.57. The third-order valence-electron chi connectivity index (χ3n) is 6.76. The van der Waals surface area contributed by atoms with Crippen LogP contribution in [0.4, 0.5) is 0 Å². The van der Waals surface area contributed by atoms with Crippen LogP contribution in [0, 0.1) is 23.2 Å². The Hall–Kier alpha value is 0.230. The van der Waals surface area contributed by atoms with Crippen LogP contribution in [-0.2, 0) is 4.57 Å². The third kappa shape index (κ3) is 2.15. The van der Waals surface area contributed by atoms with E-state index in [1.807, 2.05) is 0 Å². The summed E-state index contributed by atoms with van der Waals surface area (Å²) in [6, 6.07) is 0. The predicted molar refractivity (Wildman–Crippen MR) is 85.5 cm³/mol. The van der Waals surface area contributed by atoms with E-state index < -0.39 is 7.14 Å². The summed E-state index contributed by atoms with van der Waals surface area (Å²) < 4.78 is 13.8. The summed E-state index contributed by atoms with van der Waals surface area (Å²) in [6.07, 6.45) is 4.82. The molecule has 1 aliphatic heterocycles. The lowest BCUT2D eigenvalue weighted by Gasteiger charge is -2.63. The molecule has 1 aliphatic carbocycles. The maximum atomic E-state index is 13.8. The first-order valence-electron chi connectivity index (χ1n) is 8.12. The zero-order valence-electron chi connectivity index (χ0n) is 14.0. The van der Waals surface area contributed by atoms with Crippen LogP contribution < -0.4 is 0 Å². The molecule has 112 valence electrons. The minimum absolute atomic E-state index is 0.0366. The van der Waals surface area contributed by atoms with Crippen molar-refractivity contribution in [3.8, 4) is 0 Å². The summed E-state index contributed by atoms with van der Waals surface area (Å²) in [5, 5.41) is 0.0366. The molecule has 1 saturated carbocycles. The Kier molecular flexibility index (Phi) is 3.80. The van der Waals surface area contributed by atoms with E-state index in [4.69, 9.17) is 0 Å². The van der Waals surface area contributed by atoms with Crippen molar-refractivity contribution < 1.29 is 4.57 Å². The van der Waals surface area contributed by atoms with Crippen LogP contribution in [0.25, 0.3) is 0 Å². The van der Waals surface area contributed by atoms with Gasteiger partial charge in [-0.1, -0.05) is 54.9 Å². The van der Waals surface area contributed by atoms with Crippen molar-refractivity contribution >= 4 is 7.14 Å². The molecule has 1 heterocycles. The lowest BCUT2D eigenvalue weighted by molar-refractivity contribution is 0.200. The van der Waals surface area contributed by atoms with Gasteiger partial charge in [0, 0.05) is 17.0 Å². The molecule has 0 amide bonds. The molecular weight excluding hydrogens is 251 g/mol. The minimum atomic E-state index is -2.04. The SMILES string of the molecule is CC(C)[C@@H]1CC[C@@H](C)C[C@H]1[P@]1(=O)CC(C)(C)C1(C)C. The summed E-state index contributed by atoms with van der Waals surface area (Å²) >= 11 is 0. The molecule has 0 spiro atoms. The largest absolute Gasteiger partial charge is 0.323 e. The van der Waals surface area contributed by atoms with Crippen LogP contribution in [0.2, 0.25) is 0 Å². The highest BCUT2D eigenvalue weighted by Crippen LogP contribution is 2.81. The van der Waals surface area contributed by atoms with E-state index >= 15 is 0 Å². The highest BCUT2D eigenvalue weighted by molar-refractivity contribution is 7.68. The monoisotopic (exact) mass is 284 g/mol. The number of rotatable bonds is 2. The molecular formula is C17H33OP. The van der Waals surface area contributed by atoms with Gasteiger partial charge in [-0.2, -0.15) is 0 Å². The van der Waals surface area contributed by atoms with Crippen LogP contribution in [-0.4, -0.2) is 17.0 Å². The Balaban J connectivity index is 2.31. The van der Waals surface area contributed by atoms with Gasteiger partial charge in [-0.3, -0.25) is 0 Å². The first-order chi connectivity index (χ1) is 8.53. The average molecular weight is 284 g/mol. The normalized spacial score (nSPS) is 44.9. The third-order valence-corrected chi connectivity index (χ3v) is 12.2. The van der Waals surface area contributed by atoms with E-state index in [-0.39, 0.29) is 10.6 Å². The Labute approximate surface area is 120 Å². The van der Waals surface area contributed by atoms with Crippen molar-refractivity contribution in [2.75, 3.05) is 6.16 Å². The van der Waals surface area contributed by atoms with Gasteiger partial charge in [0.25, 0.3) is 0 Å². The molecule has 19 heavy (non-hydrogen) atoms. The lowest BCUT2D eigenvalue weighted by atomic mass is 9.77. The smallest absolute Gasteiger partial charge is 0.0973 e. The van der Waals surface area contributed by atoms with Gasteiger partial charge >= 0.3 is 0 Å². The molecule has 0 N–H and O–H groups in total. The summed E-state index contributed by atoms with van der Waals surface area (Å²) in [4.78, 5) is 0. The Morgan fingerprint density at radius 3 is 2.11 bits per heavy atom. The van der Waals surface area contributed by atoms with Crippen molar-refractivity contribution in [3.05, 3.63) is 0 Å². The Bertz CT molecular complexity index is 394. The summed E-state index contributed by atoms with van der Waals surface area (Å²) in [7, 11) is -2.04. The van der Waals surface area contributed by atoms with Gasteiger partial charge in [0.1, 0.15) is 0 Å². The minimum Gasteiger partial charge on any atom is -0.323 e. The number of hydrogen-bond acceptors (Lipinski definition) is 1. The number of hydrogen-bond donors (Lipinski definition) is 0. The fourth-order valence-corrected chi connectivity index (χ4v) is 10.2. The van der Waals surface area contributed by atoms with Crippen molar-refractivity contribution in [2.45, 2.75) is 78.5 Å². The molecule has 2 heteroatoms. The van der Waals surface area contributed by atoms with E-state index in [0.717, 1.165) is 12.1 Å². The van der Waals surface area contributed by atoms with Gasteiger partial charge in [-0.05, 0) is 36.0 Å². The zero-order valence-corrected chi connectivity index (χ0v) is 14.9. The van der Waals surface area contributed by atoms with Crippen LogP contribution >= 0.6 is 7.14 Å². The molecule has 0 aromatic carbocycles. The molecule has 0 aromatic heterocycles. The highest BCUT2D eigenvalue weighted by Gasteiger charge is 2.65. The van der Waals surface area contributed by atoms with Crippen molar-refractivity contribution in [2.24, 2.45) is 23.2 Å². The van der Waals surface area contributed by atoms with E-state index in [1.165, 1.54) is 19.3 Å². The molecule has 1 saturated heterocycles. The van der Waals surface area contributed by atoms with Crippen LogP contribution in [0.5, 0.6) is 0 Å². The molecule has 0 unspecified atom stereocenters. The second-order valence-corrected chi connectivity index (χ2v) is 12.5. The van der Waals surface area contributed by atoms with E-state index in [0.29, 0.717) is 17.5 Å². The van der Waals surface area contributed by atoms with E-state index in [9.17, 15) is 4.57 Å². The second-order valence-electron chi connectivity index (χ2n) is 8.79. The first-order valence-corrected chi connectivity index (χ1v) is 10.1. The summed E-state index contributed by atoms with van der Waals surface area (Å²) in [5.41, 5.74) is 0.754. The molecule has 4 atom stereocenters. The molecule has 0 radical (unpaired) electrons. The molecule has 2 rings (SSSR count). The average Bonchev–Trinajstić information content (AvgIpc) is 2.27. The maximum absolute atomic E-state index is 13.8. The fourth-order valence-electron chi connectivity index (χ4n) is 4.56. The topological polar surface area (TPSA) is 17.1 Å². The van der Waals surface area contributed by atoms with Gasteiger partial charge in [-0.15, -0.1) is 0 Å². The van der Waals surface area contributed by atoms with Gasteiger partial charge < -0.3 is 4.57 Å². The van der Waals surface area contributed by atoms with E-state index in [1.54, 1.807) is 0 Å². The predicted octanol–water partition coefficient (Wildman–Crippen LogP) is 5.63. The van der Waals surface area contributed by atoms with Crippen molar-refractivity contribution in [3.63, 3.8) is 0 Å². The Morgan fingerprint density at radius 2 is 1.68 bits per heavy atom. The van der Waals surface area contributed by atoms with Crippen LogP contribution in [0.15, 0.2) is 0 Å². The first kappa shape index (κ1) is 15.6. The molecule has 0 bridgehead atoms. The highest BCUT2D eigenvalue weighted by atomic mass is 31.2. The van der Waals surface area contributed by atoms with Crippen molar-refractivity contribution in [1.82, 2.24) is 0 Å².